The molecule has 190 valence electrons. The maximum atomic E-state index is 12.7. The predicted octanol–water partition coefficient (Wildman–Crippen LogP) is 6.00. The largest absolute Gasteiger partial charge is 0.270 e. The molecule has 0 aliphatic carbocycles. The lowest BCUT2D eigenvalue weighted by Crippen LogP contribution is -2.29. The van der Waals surface area contributed by atoms with Gasteiger partial charge in [0.2, 0.25) is 0 Å². The molecule has 4 amide bonds. The highest BCUT2D eigenvalue weighted by atomic mass is 16.2. The molecule has 0 bridgehead atoms. The number of fused-ring (bicyclic) bond motifs is 2. The number of benzene rings is 4. The summed E-state index contributed by atoms with van der Waals surface area (Å²) in [5.41, 5.74) is 5.37. The fourth-order valence-electron chi connectivity index (χ4n) is 4.77. The van der Waals surface area contributed by atoms with E-state index in [1.807, 2.05) is 37.3 Å². The Kier molecular flexibility index (Phi) is 5.92. The zero-order valence-electron chi connectivity index (χ0n) is 21.0. The van der Waals surface area contributed by atoms with E-state index >= 15 is 0 Å². The zero-order valence-corrected chi connectivity index (χ0v) is 21.0. The molecule has 4 aromatic rings. The quantitative estimate of drug-likeness (QED) is 0.233. The molecule has 2 aliphatic rings. The van der Waals surface area contributed by atoms with Crippen LogP contribution in [-0.4, -0.2) is 33.4 Å². The average Bonchev–Trinajstić information content (AvgIpc) is 3.34. The molecule has 39 heavy (non-hydrogen) atoms. The van der Waals surface area contributed by atoms with Gasteiger partial charge in [0.25, 0.3) is 23.6 Å². The fraction of sp³-hybridized carbons (Fsp3) is 0.0968. The first kappa shape index (κ1) is 24.1. The Balaban J connectivity index is 1.14. The van der Waals surface area contributed by atoms with Crippen molar-refractivity contribution >= 4 is 35.0 Å². The third-order valence-corrected chi connectivity index (χ3v) is 6.92. The van der Waals surface area contributed by atoms with Crippen LogP contribution in [0.25, 0.3) is 0 Å². The number of carbonyl (C=O) groups is 4. The Labute approximate surface area is 224 Å². The molecule has 8 heteroatoms. The van der Waals surface area contributed by atoms with Crippen molar-refractivity contribution in [2.45, 2.75) is 20.0 Å². The van der Waals surface area contributed by atoms with Gasteiger partial charge in [0, 0.05) is 0 Å². The molecule has 8 nitrogen and oxygen atoms in total. The number of nitrogens with zero attached hydrogens (tertiary/aromatic N) is 4. The fourth-order valence-corrected chi connectivity index (χ4v) is 4.77. The normalized spacial score (nSPS) is 14.5. The summed E-state index contributed by atoms with van der Waals surface area (Å²) in [5.74, 6) is -1.20. The van der Waals surface area contributed by atoms with Crippen LogP contribution in [0.2, 0.25) is 0 Å². The molecule has 0 radical (unpaired) electrons. The van der Waals surface area contributed by atoms with Crippen molar-refractivity contribution in [1.29, 1.82) is 0 Å². The standard InChI is InChI=1S/C31H22N4O4/c1-19-10-11-21(18-35-30(38)25-8-4-5-9-26(25)31(35)39)16-27(19)33-32-22-14-12-20(13-15-22)17-34-28(36)23-6-2-3-7-24(23)29(34)37/h2-16H,17-18H2,1H3. The summed E-state index contributed by atoms with van der Waals surface area (Å²) in [5, 5.41) is 8.73. The van der Waals surface area contributed by atoms with Crippen LogP contribution >= 0.6 is 0 Å². The van der Waals surface area contributed by atoms with Gasteiger partial charge in [0.15, 0.2) is 0 Å². The maximum absolute atomic E-state index is 12.7. The molecule has 4 aromatic carbocycles. The minimum Gasteiger partial charge on any atom is -0.270 e. The smallest absolute Gasteiger partial charge is 0.261 e. The van der Waals surface area contributed by atoms with E-state index in [0.717, 1.165) is 16.7 Å². The number of hydrogen-bond donors (Lipinski definition) is 0. The van der Waals surface area contributed by atoms with Crippen LogP contribution in [0, 0.1) is 6.92 Å². The van der Waals surface area contributed by atoms with E-state index in [4.69, 9.17) is 0 Å². The molecule has 6 rings (SSSR count). The first-order valence-electron chi connectivity index (χ1n) is 12.4. The van der Waals surface area contributed by atoms with Gasteiger partial charge in [0.1, 0.15) is 0 Å². The van der Waals surface area contributed by atoms with Crippen molar-refractivity contribution in [3.63, 3.8) is 0 Å². The highest BCUT2D eigenvalue weighted by Crippen LogP contribution is 2.29. The van der Waals surface area contributed by atoms with E-state index in [-0.39, 0.29) is 36.7 Å². The lowest BCUT2D eigenvalue weighted by molar-refractivity contribution is 0.0627. The highest BCUT2D eigenvalue weighted by molar-refractivity contribution is 6.22. The SMILES string of the molecule is Cc1ccc(CN2C(=O)c3ccccc3C2=O)cc1N=Nc1ccc(CN2C(=O)c3ccccc3C2=O)cc1. The Bertz CT molecular complexity index is 1640. The third-order valence-electron chi connectivity index (χ3n) is 6.92. The molecule has 0 saturated carbocycles. The van der Waals surface area contributed by atoms with Crippen molar-refractivity contribution in [3.8, 4) is 0 Å². The van der Waals surface area contributed by atoms with Crippen LogP contribution in [0.15, 0.2) is 101 Å². The summed E-state index contributed by atoms with van der Waals surface area (Å²) in [4.78, 5) is 53.2. The summed E-state index contributed by atoms with van der Waals surface area (Å²) in [6, 6.07) is 26.4. The van der Waals surface area contributed by atoms with Gasteiger partial charge in [-0.05, 0) is 66.1 Å². The number of azo groups is 1. The average molecular weight is 515 g/mol. The van der Waals surface area contributed by atoms with E-state index in [0.29, 0.717) is 33.6 Å². The first-order valence-corrected chi connectivity index (χ1v) is 12.4. The molecule has 2 aliphatic heterocycles. The molecule has 0 atom stereocenters. The van der Waals surface area contributed by atoms with Gasteiger partial charge in [-0.1, -0.05) is 48.5 Å². The van der Waals surface area contributed by atoms with Crippen molar-refractivity contribution in [2.24, 2.45) is 10.2 Å². The van der Waals surface area contributed by atoms with Crippen LogP contribution in [0.1, 0.15) is 58.1 Å². The first-order chi connectivity index (χ1) is 18.9. The second-order valence-corrected chi connectivity index (χ2v) is 9.47. The van der Waals surface area contributed by atoms with Gasteiger partial charge in [-0.25, -0.2) is 0 Å². The molecule has 0 aromatic heterocycles. The molecular weight excluding hydrogens is 492 g/mol. The van der Waals surface area contributed by atoms with Crippen LogP contribution in [0.4, 0.5) is 11.4 Å². The van der Waals surface area contributed by atoms with Crippen molar-refractivity contribution < 1.29 is 19.2 Å². The maximum Gasteiger partial charge on any atom is 0.261 e. The van der Waals surface area contributed by atoms with Gasteiger partial charge in [0.05, 0.1) is 46.7 Å². The minimum absolute atomic E-state index is 0.141. The van der Waals surface area contributed by atoms with E-state index in [2.05, 4.69) is 10.2 Å². The van der Waals surface area contributed by atoms with Crippen molar-refractivity contribution in [3.05, 3.63) is 130 Å². The lowest BCUT2D eigenvalue weighted by atomic mass is 10.1. The Morgan fingerprint density at radius 2 is 0.974 bits per heavy atom. The molecule has 2 heterocycles. The van der Waals surface area contributed by atoms with Crippen LogP contribution in [-0.2, 0) is 13.1 Å². The Morgan fingerprint density at radius 3 is 1.46 bits per heavy atom. The Hall–Kier alpha value is -5.24. The van der Waals surface area contributed by atoms with Crippen LogP contribution in [0.3, 0.4) is 0 Å². The zero-order chi connectivity index (χ0) is 27.1. The highest BCUT2D eigenvalue weighted by Gasteiger charge is 2.36. The molecule has 0 unspecified atom stereocenters. The molecule has 0 fully saturated rings. The molecular formula is C31H22N4O4. The summed E-state index contributed by atoms with van der Waals surface area (Å²) in [6.45, 7) is 2.22. The number of aryl methyl sites for hydroxylation is 1. The number of amides is 4. The number of imide groups is 2. The molecule has 0 saturated heterocycles. The van der Waals surface area contributed by atoms with Crippen molar-refractivity contribution in [1.82, 2.24) is 9.80 Å². The molecule has 0 N–H and O–H groups in total. The van der Waals surface area contributed by atoms with E-state index < -0.39 is 0 Å². The second-order valence-electron chi connectivity index (χ2n) is 9.47. The van der Waals surface area contributed by atoms with Crippen LogP contribution in [0.5, 0.6) is 0 Å². The van der Waals surface area contributed by atoms with Gasteiger partial charge in [-0.15, -0.1) is 0 Å². The van der Waals surface area contributed by atoms with Gasteiger partial charge < -0.3 is 0 Å². The van der Waals surface area contributed by atoms with Gasteiger partial charge in [-0.3, -0.25) is 29.0 Å². The van der Waals surface area contributed by atoms with Gasteiger partial charge in [-0.2, -0.15) is 10.2 Å². The third kappa shape index (κ3) is 4.31. The minimum atomic E-state index is -0.305. The summed E-state index contributed by atoms with van der Waals surface area (Å²) < 4.78 is 0. The number of hydrogen-bond acceptors (Lipinski definition) is 6. The summed E-state index contributed by atoms with van der Waals surface area (Å²) >= 11 is 0. The van der Waals surface area contributed by atoms with Crippen molar-refractivity contribution in [2.75, 3.05) is 0 Å². The number of rotatable bonds is 6. The summed E-state index contributed by atoms with van der Waals surface area (Å²) in [6.07, 6.45) is 0. The second kappa shape index (κ2) is 9.57. The van der Waals surface area contributed by atoms with E-state index in [9.17, 15) is 19.2 Å². The number of carbonyl (C=O) groups excluding carboxylic acids is 4. The Morgan fingerprint density at radius 1 is 0.538 bits per heavy atom. The van der Waals surface area contributed by atoms with Gasteiger partial charge >= 0.3 is 0 Å². The summed E-state index contributed by atoms with van der Waals surface area (Å²) in [7, 11) is 0. The lowest BCUT2D eigenvalue weighted by Gasteiger charge is -2.14. The monoisotopic (exact) mass is 514 g/mol. The topological polar surface area (TPSA) is 99.5 Å². The van der Waals surface area contributed by atoms with E-state index in [1.54, 1.807) is 60.7 Å². The molecule has 0 spiro atoms. The van der Waals surface area contributed by atoms with E-state index in [1.165, 1.54) is 9.80 Å². The predicted molar refractivity (Wildman–Crippen MR) is 143 cm³/mol. The van der Waals surface area contributed by atoms with Crippen LogP contribution < -0.4 is 0 Å².